The number of hydrogen-bond donors (Lipinski definition) is 0. The first-order valence-electron chi connectivity index (χ1n) is 6.32. The van der Waals surface area contributed by atoms with Crippen molar-refractivity contribution in [2.75, 3.05) is 0 Å². The van der Waals surface area contributed by atoms with Crippen molar-refractivity contribution in [2.45, 2.75) is 59.3 Å². The van der Waals surface area contributed by atoms with Crippen LogP contribution in [-0.2, 0) is 4.79 Å². The molecule has 0 aromatic rings. The van der Waals surface area contributed by atoms with Crippen molar-refractivity contribution in [3.05, 3.63) is 6.92 Å². The quantitative estimate of drug-likeness (QED) is 0.593. The van der Waals surface area contributed by atoms with E-state index >= 15 is 0 Å². The van der Waals surface area contributed by atoms with Crippen molar-refractivity contribution in [1.82, 2.24) is 0 Å². The zero-order chi connectivity index (χ0) is 11.7. The van der Waals surface area contributed by atoms with Crippen LogP contribution >= 0.6 is 0 Å². The molecule has 0 heterocycles. The second kappa shape index (κ2) is 12.2. The van der Waals surface area contributed by atoms with Crippen LogP contribution in [0.2, 0.25) is 0 Å². The number of rotatable bonds is 3. The van der Waals surface area contributed by atoms with Crippen LogP contribution in [-0.4, -0.2) is 6.29 Å². The fraction of sp³-hybridized carbons (Fsp3) is 0.857. The second-order valence-electron chi connectivity index (χ2n) is 4.83. The predicted molar refractivity (Wildman–Crippen MR) is 66.2 cm³/mol. The third-order valence-electron chi connectivity index (χ3n) is 3.23. The molecule has 0 spiro atoms. The molecule has 0 aliphatic heterocycles. The molecule has 1 fully saturated rings. The summed E-state index contributed by atoms with van der Waals surface area (Å²) in [7, 11) is 0. The fourth-order valence-corrected chi connectivity index (χ4v) is 1.90. The standard InChI is InChI=1S/C10H17O.C4H9.U/c1-8(2)10-5-3-9(7-11)4-6-10;1-3-4-2;/h8-10H,3-6H2,1-2H3;1,3-4H2,2H3;/q2*-1;+2. The Morgan fingerprint density at radius 1 is 1.25 bits per heavy atom. The van der Waals surface area contributed by atoms with E-state index in [0.29, 0.717) is 0 Å². The van der Waals surface area contributed by atoms with Gasteiger partial charge in [-0.25, -0.2) is 0 Å². The molecule has 0 bridgehead atoms. The first-order chi connectivity index (χ1) is 7.15. The summed E-state index contributed by atoms with van der Waals surface area (Å²) >= 11 is 0. The van der Waals surface area contributed by atoms with Crippen LogP contribution in [0.5, 0.6) is 0 Å². The van der Waals surface area contributed by atoms with Crippen LogP contribution in [0, 0.1) is 55.8 Å². The third-order valence-corrected chi connectivity index (χ3v) is 3.23. The number of hydrogen-bond acceptors (Lipinski definition) is 1. The SMILES string of the molecule is CC(C)C1CCC([C-]=O)CC1.[CH2-]CCC.[U+2]. The maximum absolute atomic E-state index is 10.3. The van der Waals surface area contributed by atoms with Gasteiger partial charge in [-0.3, -0.25) is 6.29 Å². The Morgan fingerprint density at radius 3 is 1.94 bits per heavy atom. The van der Waals surface area contributed by atoms with Gasteiger partial charge >= 0.3 is 31.1 Å². The van der Waals surface area contributed by atoms with Crippen LogP contribution < -0.4 is 0 Å². The summed E-state index contributed by atoms with van der Waals surface area (Å²) in [5, 5.41) is 0. The minimum Gasteiger partial charge on any atom is -0.542 e. The van der Waals surface area contributed by atoms with E-state index in [1.165, 1.54) is 19.3 Å². The molecule has 1 nitrogen and oxygen atoms in total. The molecule has 0 saturated heterocycles. The molecule has 0 amide bonds. The molecule has 0 N–H and O–H groups in total. The van der Waals surface area contributed by atoms with E-state index < -0.39 is 0 Å². The van der Waals surface area contributed by atoms with Gasteiger partial charge in [-0.05, 0) is 11.8 Å². The molecule has 0 atom stereocenters. The van der Waals surface area contributed by atoms with Crippen LogP contribution in [0.15, 0.2) is 0 Å². The summed E-state index contributed by atoms with van der Waals surface area (Å²) in [4.78, 5) is 10.3. The van der Waals surface area contributed by atoms with E-state index in [1.807, 2.05) is 0 Å². The summed E-state index contributed by atoms with van der Waals surface area (Å²) in [6, 6.07) is 0. The Bertz CT molecular complexity index is 147. The molecule has 1 aliphatic rings. The van der Waals surface area contributed by atoms with Crippen molar-refractivity contribution in [3.63, 3.8) is 0 Å². The summed E-state index contributed by atoms with van der Waals surface area (Å²) in [5.74, 6) is 1.91. The average molecular weight is 448 g/mol. The Labute approximate surface area is 126 Å². The number of unbranched alkanes of at least 4 members (excludes halogenated alkanes) is 1. The third kappa shape index (κ3) is 8.83. The molecule has 0 aromatic heterocycles. The first-order valence-corrected chi connectivity index (χ1v) is 6.32. The van der Waals surface area contributed by atoms with Gasteiger partial charge in [0.25, 0.3) is 0 Å². The van der Waals surface area contributed by atoms with E-state index in [1.54, 1.807) is 0 Å². The first kappa shape index (κ1) is 19.1. The van der Waals surface area contributed by atoms with Crippen molar-refractivity contribution in [3.8, 4) is 0 Å². The molecule has 1 saturated carbocycles. The molecule has 1 aliphatic carbocycles. The van der Waals surface area contributed by atoms with Gasteiger partial charge in [0.2, 0.25) is 0 Å². The van der Waals surface area contributed by atoms with Crippen molar-refractivity contribution >= 4 is 6.29 Å². The van der Waals surface area contributed by atoms with Gasteiger partial charge in [0.05, 0.1) is 0 Å². The smallest absolute Gasteiger partial charge is 0.542 e. The topological polar surface area (TPSA) is 17.1 Å². The molecule has 0 radical (unpaired) electrons. The van der Waals surface area contributed by atoms with Crippen LogP contribution in [0.4, 0.5) is 0 Å². The normalized spacial score (nSPS) is 24.1. The Hall–Kier alpha value is 0.722. The van der Waals surface area contributed by atoms with Gasteiger partial charge in [-0.1, -0.05) is 52.9 Å². The average Bonchev–Trinajstić information content (AvgIpc) is 2.29. The van der Waals surface area contributed by atoms with E-state index in [0.717, 1.165) is 31.1 Å². The summed E-state index contributed by atoms with van der Waals surface area (Å²) in [5.41, 5.74) is 0. The monoisotopic (exact) mass is 448 g/mol. The maximum Gasteiger partial charge on any atom is 2.00 e. The summed E-state index contributed by atoms with van der Waals surface area (Å²) < 4.78 is 0. The minimum atomic E-state index is 0. The molecular formula is C14H26OU. The van der Waals surface area contributed by atoms with Gasteiger partial charge in [0, 0.05) is 0 Å². The molecule has 0 unspecified atom stereocenters. The Balaban J connectivity index is 0. The summed E-state index contributed by atoms with van der Waals surface area (Å²) in [6.45, 7) is 10.3. The van der Waals surface area contributed by atoms with Gasteiger partial charge < -0.3 is 11.7 Å². The van der Waals surface area contributed by atoms with Crippen molar-refractivity contribution in [2.24, 2.45) is 17.8 Å². The van der Waals surface area contributed by atoms with Crippen LogP contribution in [0.25, 0.3) is 0 Å². The van der Waals surface area contributed by atoms with Crippen LogP contribution in [0.3, 0.4) is 0 Å². The van der Waals surface area contributed by atoms with Gasteiger partial charge in [0.1, 0.15) is 0 Å². The molecule has 16 heavy (non-hydrogen) atoms. The molecule has 92 valence electrons. The molecule has 2 heteroatoms. The van der Waals surface area contributed by atoms with E-state index in [9.17, 15) is 4.79 Å². The van der Waals surface area contributed by atoms with E-state index in [2.05, 4.69) is 34.0 Å². The molecule has 0 aromatic carbocycles. The van der Waals surface area contributed by atoms with Crippen molar-refractivity contribution in [1.29, 1.82) is 0 Å². The van der Waals surface area contributed by atoms with Gasteiger partial charge in [-0.2, -0.15) is 6.42 Å². The zero-order valence-electron chi connectivity index (χ0n) is 11.1. The molecular weight excluding hydrogens is 422 g/mol. The van der Waals surface area contributed by atoms with Crippen molar-refractivity contribution < 1.29 is 35.9 Å². The largest absolute Gasteiger partial charge is 2.00 e. The van der Waals surface area contributed by atoms with E-state index in [4.69, 9.17) is 0 Å². The molecule has 1 rings (SSSR count). The Kier molecular flexibility index (Phi) is 14.5. The summed E-state index contributed by atoms with van der Waals surface area (Å²) in [6.07, 6.45) is 9.01. The minimum absolute atomic E-state index is 0. The van der Waals surface area contributed by atoms with E-state index in [-0.39, 0.29) is 37.0 Å². The van der Waals surface area contributed by atoms with Crippen LogP contribution in [0.1, 0.15) is 59.3 Å². The number of carbonyl (C=O) groups excluding carboxylic acids is 1. The fourth-order valence-electron chi connectivity index (χ4n) is 1.90. The van der Waals surface area contributed by atoms with Gasteiger partial charge in [-0.15, -0.1) is 5.92 Å². The van der Waals surface area contributed by atoms with Gasteiger partial charge in [0.15, 0.2) is 0 Å². The Morgan fingerprint density at radius 2 is 1.69 bits per heavy atom. The maximum atomic E-state index is 10.3. The second-order valence-corrected chi connectivity index (χ2v) is 4.83. The predicted octanol–water partition coefficient (Wildman–Crippen LogP) is 4.18. The zero-order valence-corrected chi connectivity index (χ0v) is 15.3.